The number of carbonyl (C=O) groups is 2. The van der Waals surface area contributed by atoms with Crippen LogP contribution >= 0.6 is 0 Å². The SMILES string of the molecule is CCOc1ccc2nc3cc(N4C(=O)c5ccccc5C4=O)ccc3c(N)c2c1. The van der Waals surface area contributed by atoms with Gasteiger partial charge >= 0.3 is 0 Å². The summed E-state index contributed by atoms with van der Waals surface area (Å²) in [5.74, 6) is 0.0654. The Kier molecular flexibility index (Phi) is 3.74. The predicted molar refractivity (Wildman–Crippen MR) is 112 cm³/mol. The molecule has 3 aromatic carbocycles. The zero-order valence-electron chi connectivity index (χ0n) is 15.7. The summed E-state index contributed by atoms with van der Waals surface area (Å²) in [5.41, 5.74) is 9.62. The average molecular weight is 383 g/mol. The summed E-state index contributed by atoms with van der Waals surface area (Å²) >= 11 is 0. The molecule has 1 aliphatic heterocycles. The summed E-state index contributed by atoms with van der Waals surface area (Å²) in [5, 5.41) is 1.56. The molecule has 4 aromatic rings. The van der Waals surface area contributed by atoms with Gasteiger partial charge < -0.3 is 10.5 Å². The van der Waals surface area contributed by atoms with Crippen molar-refractivity contribution < 1.29 is 14.3 Å². The van der Waals surface area contributed by atoms with E-state index in [-0.39, 0.29) is 11.8 Å². The normalized spacial score (nSPS) is 13.3. The lowest BCUT2D eigenvalue weighted by Crippen LogP contribution is -2.29. The molecule has 1 aliphatic rings. The van der Waals surface area contributed by atoms with Crippen molar-refractivity contribution in [3.63, 3.8) is 0 Å². The molecule has 0 radical (unpaired) electrons. The quantitative estimate of drug-likeness (QED) is 0.424. The van der Waals surface area contributed by atoms with E-state index in [1.54, 1.807) is 42.5 Å². The molecule has 2 amide bonds. The van der Waals surface area contributed by atoms with E-state index in [1.807, 2.05) is 25.1 Å². The second-order valence-electron chi connectivity index (χ2n) is 6.83. The van der Waals surface area contributed by atoms with Gasteiger partial charge in [-0.3, -0.25) is 9.59 Å². The minimum Gasteiger partial charge on any atom is -0.494 e. The first kappa shape index (κ1) is 17.2. The first-order chi connectivity index (χ1) is 14.1. The first-order valence-electron chi connectivity index (χ1n) is 9.32. The minimum atomic E-state index is -0.333. The van der Waals surface area contributed by atoms with Crippen molar-refractivity contribution in [3.8, 4) is 5.75 Å². The fraction of sp³-hybridized carbons (Fsp3) is 0.0870. The number of nitrogens with zero attached hydrogens (tertiary/aromatic N) is 2. The first-order valence-corrected chi connectivity index (χ1v) is 9.32. The molecular weight excluding hydrogens is 366 g/mol. The van der Waals surface area contributed by atoms with Gasteiger partial charge in [-0.25, -0.2) is 9.88 Å². The maximum Gasteiger partial charge on any atom is 0.266 e. The number of rotatable bonds is 3. The number of hydrogen-bond acceptors (Lipinski definition) is 5. The molecule has 6 nitrogen and oxygen atoms in total. The summed E-state index contributed by atoms with van der Waals surface area (Å²) in [7, 11) is 0. The third kappa shape index (κ3) is 2.53. The molecule has 1 aromatic heterocycles. The maximum atomic E-state index is 12.8. The summed E-state index contributed by atoms with van der Waals surface area (Å²) in [6.45, 7) is 2.49. The van der Waals surface area contributed by atoms with Crippen molar-refractivity contribution in [2.24, 2.45) is 0 Å². The number of nitrogens with two attached hydrogens (primary N) is 1. The molecule has 0 unspecified atom stereocenters. The van der Waals surface area contributed by atoms with Gasteiger partial charge in [0.05, 0.1) is 40.1 Å². The van der Waals surface area contributed by atoms with Gasteiger partial charge in [0.2, 0.25) is 0 Å². The van der Waals surface area contributed by atoms with Gasteiger partial charge in [-0.1, -0.05) is 12.1 Å². The van der Waals surface area contributed by atoms with Gasteiger partial charge in [-0.05, 0) is 55.5 Å². The molecule has 0 aliphatic carbocycles. The second kappa shape index (κ2) is 6.31. The zero-order valence-corrected chi connectivity index (χ0v) is 15.7. The molecule has 2 N–H and O–H groups in total. The molecule has 0 fully saturated rings. The Morgan fingerprint density at radius 1 is 0.897 bits per heavy atom. The summed E-state index contributed by atoms with van der Waals surface area (Å²) in [4.78, 5) is 31.4. The fourth-order valence-electron chi connectivity index (χ4n) is 3.76. The monoisotopic (exact) mass is 383 g/mol. The highest BCUT2D eigenvalue weighted by atomic mass is 16.5. The van der Waals surface area contributed by atoms with E-state index in [2.05, 4.69) is 4.98 Å². The number of fused-ring (bicyclic) bond motifs is 3. The van der Waals surface area contributed by atoms with Crippen LogP contribution in [0.15, 0.2) is 60.7 Å². The molecule has 0 saturated heterocycles. The summed E-state index contributed by atoms with van der Waals surface area (Å²) < 4.78 is 5.56. The van der Waals surface area contributed by atoms with E-state index >= 15 is 0 Å². The van der Waals surface area contributed by atoms with Crippen LogP contribution in [0.1, 0.15) is 27.6 Å². The van der Waals surface area contributed by atoms with Crippen LogP contribution in [0.4, 0.5) is 11.4 Å². The number of nitrogen functional groups attached to an aromatic ring is 1. The molecule has 2 heterocycles. The molecule has 29 heavy (non-hydrogen) atoms. The Balaban J connectivity index is 1.65. The van der Waals surface area contributed by atoms with Gasteiger partial charge in [0.15, 0.2) is 0 Å². The Morgan fingerprint density at radius 2 is 1.62 bits per heavy atom. The molecule has 6 heteroatoms. The lowest BCUT2D eigenvalue weighted by Gasteiger charge is -2.15. The predicted octanol–water partition coefficient (Wildman–Crippen LogP) is 4.17. The van der Waals surface area contributed by atoms with Crippen LogP contribution in [0.5, 0.6) is 5.75 Å². The molecular formula is C23H17N3O3. The number of anilines is 2. The van der Waals surface area contributed by atoms with Gasteiger partial charge in [0, 0.05) is 10.8 Å². The number of amides is 2. The third-order valence-electron chi connectivity index (χ3n) is 5.13. The highest BCUT2D eigenvalue weighted by Crippen LogP contribution is 2.35. The number of ether oxygens (including phenoxy) is 1. The van der Waals surface area contributed by atoms with Crippen LogP contribution in [-0.4, -0.2) is 23.4 Å². The van der Waals surface area contributed by atoms with Crippen molar-refractivity contribution in [3.05, 3.63) is 71.8 Å². The second-order valence-corrected chi connectivity index (χ2v) is 6.83. The van der Waals surface area contributed by atoms with E-state index in [9.17, 15) is 9.59 Å². The molecule has 0 saturated carbocycles. The van der Waals surface area contributed by atoms with Crippen LogP contribution in [0.2, 0.25) is 0 Å². The minimum absolute atomic E-state index is 0.333. The zero-order chi connectivity index (χ0) is 20.1. The smallest absolute Gasteiger partial charge is 0.266 e. The number of carbonyl (C=O) groups excluding carboxylic acids is 2. The highest BCUT2D eigenvalue weighted by Gasteiger charge is 2.36. The van der Waals surface area contributed by atoms with Crippen molar-refractivity contribution in [1.82, 2.24) is 4.98 Å². The third-order valence-corrected chi connectivity index (χ3v) is 5.13. The Bertz CT molecular complexity index is 1300. The van der Waals surface area contributed by atoms with E-state index < -0.39 is 0 Å². The molecule has 5 rings (SSSR count). The topological polar surface area (TPSA) is 85.5 Å². The summed E-state index contributed by atoms with van der Waals surface area (Å²) in [6.07, 6.45) is 0. The van der Waals surface area contributed by atoms with E-state index in [4.69, 9.17) is 10.5 Å². The van der Waals surface area contributed by atoms with E-state index in [1.165, 1.54) is 4.90 Å². The number of benzene rings is 3. The van der Waals surface area contributed by atoms with Crippen molar-refractivity contribution in [2.45, 2.75) is 6.92 Å². The van der Waals surface area contributed by atoms with Gasteiger partial charge in [0.25, 0.3) is 11.8 Å². The van der Waals surface area contributed by atoms with Crippen molar-refractivity contribution in [2.75, 3.05) is 17.2 Å². The van der Waals surface area contributed by atoms with Gasteiger partial charge in [-0.2, -0.15) is 0 Å². The number of aromatic nitrogens is 1. The molecule has 0 bridgehead atoms. The standard InChI is InChI=1S/C23H17N3O3/c1-2-29-14-8-10-19-18(12-14)21(24)17-9-7-13(11-20(17)25-19)26-22(27)15-5-3-4-6-16(15)23(26)28/h3-12H,2H2,1H3,(H2,24,25). The van der Waals surface area contributed by atoms with E-state index in [0.717, 1.165) is 22.0 Å². The number of hydrogen-bond donors (Lipinski definition) is 1. The number of pyridine rings is 1. The van der Waals surface area contributed by atoms with Crippen LogP contribution in [0, 0.1) is 0 Å². The maximum absolute atomic E-state index is 12.8. The van der Waals surface area contributed by atoms with Crippen LogP contribution in [-0.2, 0) is 0 Å². The molecule has 142 valence electrons. The Morgan fingerprint density at radius 3 is 2.31 bits per heavy atom. The van der Waals surface area contributed by atoms with Crippen molar-refractivity contribution >= 4 is 45.0 Å². The largest absolute Gasteiger partial charge is 0.494 e. The van der Waals surface area contributed by atoms with Crippen LogP contribution in [0.3, 0.4) is 0 Å². The highest BCUT2D eigenvalue weighted by molar-refractivity contribution is 6.34. The fourth-order valence-corrected chi connectivity index (χ4v) is 3.76. The lowest BCUT2D eigenvalue weighted by atomic mass is 10.1. The van der Waals surface area contributed by atoms with Gasteiger partial charge in [-0.15, -0.1) is 0 Å². The lowest BCUT2D eigenvalue weighted by molar-refractivity contribution is 0.0926. The van der Waals surface area contributed by atoms with Crippen LogP contribution < -0.4 is 15.4 Å². The van der Waals surface area contributed by atoms with Crippen molar-refractivity contribution in [1.29, 1.82) is 0 Å². The van der Waals surface area contributed by atoms with Crippen LogP contribution in [0.25, 0.3) is 21.8 Å². The average Bonchev–Trinajstić information content (AvgIpc) is 2.99. The molecule has 0 spiro atoms. The Labute approximate surface area is 166 Å². The van der Waals surface area contributed by atoms with E-state index in [0.29, 0.717) is 34.6 Å². The summed E-state index contributed by atoms with van der Waals surface area (Å²) in [6, 6.07) is 17.6. The molecule has 0 atom stereocenters. The van der Waals surface area contributed by atoms with Gasteiger partial charge in [0.1, 0.15) is 5.75 Å². The number of imide groups is 1. The Hall–Kier alpha value is -3.93.